The maximum Gasteiger partial charge on any atom is 0.265 e. The standard InChI is InChI=1S/C24H26N4O2/c1-16-8-9-17(2)22(14-16)30-24-19(15-25-26(24)3)23(29)28-13-12-27(18-10-11-18)20-6-4-5-7-21(20)28/h4-9,14-15,18H,10-13H2,1-3H3. The van der Waals surface area contributed by atoms with Crippen LogP contribution in [0, 0.1) is 13.8 Å². The van der Waals surface area contributed by atoms with Gasteiger partial charge in [0.25, 0.3) is 5.91 Å². The lowest BCUT2D eigenvalue weighted by molar-refractivity contribution is 0.0984. The van der Waals surface area contributed by atoms with Gasteiger partial charge in [0.15, 0.2) is 0 Å². The minimum atomic E-state index is -0.0775. The summed E-state index contributed by atoms with van der Waals surface area (Å²) in [5.74, 6) is 1.13. The van der Waals surface area contributed by atoms with E-state index in [1.807, 2.05) is 55.1 Å². The molecular formula is C24H26N4O2. The minimum absolute atomic E-state index is 0.0775. The Morgan fingerprint density at radius 1 is 1.07 bits per heavy atom. The van der Waals surface area contributed by atoms with Gasteiger partial charge in [-0.15, -0.1) is 0 Å². The van der Waals surface area contributed by atoms with Crippen molar-refractivity contribution in [1.29, 1.82) is 0 Å². The van der Waals surface area contributed by atoms with Crippen molar-refractivity contribution < 1.29 is 9.53 Å². The first kappa shape index (κ1) is 18.7. The summed E-state index contributed by atoms with van der Waals surface area (Å²) in [4.78, 5) is 17.9. The third kappa shape index (κ3) is 3.22. The average Bonchev–Trinajstić information content (AvgIpc) is 3.53. The highest BCUT2D eigenvalue weighted by molar-refractivity contribution is 6.09. The number of amides is 1. The van der Waals surface area contributed by atoms with E-state index in [1.165, 1.54) is 12.8 Å². The van der Waals surface area contributed by atoms with Crippen LogP contribution in [0.5, 0.6) is 11.6 Å². The summed E-state index contributed by atoms with van der Waals surface area (Å²) >= 11 is 0. The first-order valence-electron chi connectivity index (χ1n) is 10.5. The van der Waals surface area contributed by atoms with E-state index in [1.54, 1.807) is 17.9 Å². The van der Waals surface area contributed by atoms with Crippen molar-refractivity contribution >= 4 is 17.3 Å². The fourth-order valence-electron chi connectivity index (χ4n) is 4.12. The zero-order valence-electron chi connectivity index (χ0n) is 17.6. The van der Waals surface area contributed by atoms with E-state index in [0.29, 0.717) is 24.0 Å². The smallest absolute Gasteiger partial charge is 0.265 e. The molecule has 6 nitrogen and oxygen atoms in total. The normalized spacial score (nSPS) is 15.8. The molecule has 1 aliphatic carbocycles. The van der Waals surface area contributed by atoms with Gasteiger partial charge in [0.1, 0.15) is 11.3 Å². The summed E-state index contributed by atoms with van der Waals surface area (Å²) < 4.78 is 7.83. The number of para-hydroxylation sites is 2. The number of nitrogens with zero attached hydrogens (tertiary/aromatic N) is 4. The van der Waals surface area contributed by atoms with Crippen LogP contribution in [-0.2, 0) is 7.05 Å². The number of rotatable bonds is 4. The number of carbonyl (C=O) groups is 1. The first-order valence-corrected chi connectivity index (χ1v) is 10.5. The molecule has 2 aliphatic rings. The van der Waals surface area contributed by atoms with Crippen LogP contribution in [0.1, 0.15) is 34.3 Å². The van der Waals surface area contributed by atoms with Crippen LogP contribution in [0.15, 0.2) is 48.7 Å². The van der Waals surface area contributed by atoms with Gasteiger partial charge in [0.05, 0.1) is 17.6 Å². The second kappa shape index (κ2) is 7.20. The third-order valence-electron chi connectivity index (χ3n) is 5.94. The number of aryl methyl sites for hydroxylation is 3. The van der Waals surface area contributed by atoms with Gasteiger partial charge in [-0.3, -0.25) is 4.79 Å². The Morgan fingerprint density at radius 2 is 1.83 bits per heavy atom. The topological polar surface area (TPSA) is 50.6 Å². The Balaban J connectivity index is 1.49. The van der Waals surface area contributed by atoms with E-state index < -0.39 is 0 Å². The van der Waals surface area contributed by atoms with Crippen molar-refractivity contribution in [3.63, 3.8) is 0 Å². The Morgan fingerprint density at radius 3 is 2.60 bits per heavy atom. The second-order valence-electron chi connectivity index (χ2n) is 8.23. The lowest BCUT2D eigenvalue weighted by Crippen LogP contribution is -2.45. The van der Waals surface area contributed by atoms with Gasteiger partial charge in [-0.05, 0) is 56.0 Å². The zero-order valence-corrected chi connectivity index (χ0v) is 17.6. The van der Waals surface area contributed by atoms with E-state index in [4.69, 9.17) is 4.74 Å². The fourth-order valence-corrected chi connectivity index (χ4v) is 4.12. The van der Waals surface area contributed by atoms with E-state index in [9.17, 15) is 4.79 Å². The van der Waals surface area contributed by atoms with Gasteiger partial charge < -0.3 is 14.5 Å². The van der Waals surface area contributed by atoms with Crippen molar-refractivity contribution in [1.82, 2.24) is 9.78 Å². The molecule has 2 heterocycles. The molecule has 0 saturated heterocycles. The third-order valence-corrected chi connectivity index (χ3v) is 5.94. The molecule has 1 aliphatic heterocycles. The molecule has 0 atom stereocenters. The molecule has 30 heavy (non-hydrogen) atoms. The molecular weight excluding hydrogens is 376 g/mol. The molecule has 154 valence electrons. The van der Waals surface area contributed by atoms with E-state index in [0.717, 1.165) is 34.8 Å². The molecule has 0 spiro atoms. The molecule has 1 saturated carbocycles. The second-order valence-corrected chi connectivity index (χ2v) is 8.23. The fraction of sp³-hybridized carbons (Fsp3) is 0.333. The quantitative estimate of drug-likeness (QED) is 0.647. The molecule has 0 radical (unpaired) electrons. The number of ether oxygens (including phenoxy) is 1. The summed E-state index contributed by atoms with van der Waals surface area (Å²) in [6.07, 6.45) is 4.08. The summed E-state index contributed by atoms with van der Waals surface area (Å²) in [6.45, 7) is 5.53. The van der Waals surface area contributed by atoms with E-state index in [2.05, 4.69) is 16.1 Å². The lowest BCUT2D eigenvalue weighted by atomic mass is 10.1. The van der Waals surface area contributed by atoms with E-state index in [-0.39, 0.29) is 5.91 Å². The van der Waals surface area contributed by atoms with Crippen molar-refractivity contribution in [2.24, 2.45) is 7.05 Å². The van der Waals surface area contributed by atoms with Crippen LogP contribution in [0.3, 0.4) is 0 Å². The number of carbonyl (C=O) groups excluding carboxylic acids is 1. The van der Waals surface area contributed by atoms with Crippen LogP contribution < -0.4 is 14.5 Å². The van der Waals surface area contributed by atoms with Gasteiger partial charge >= 0.3 is 0 Å². The number of fused-ring (bicyclic) bond motifs is 1. The van der Waals surface area contributed by atoms with Gasteiger partial charge in [-0.25, -0.2) is 4.68 Å². The highest BCUT2D eigenvalue weighted by atomic mass is 16.5. The number of aromatic nitrogens is 2. The SMILES string of the molecule is Cc1ccc(C)c(Oc2c(C(=O)N3CCN(C4CC4)c4ccccc43)cnn2C)c1. The molecule has 1 amide bonds. The molecule has 0 unspecified atom stereocenters. The number of benzene rings is 2. The maximum atomic E-state index is 13.6. The van der Waals surface area contributed by atoms with Gasteiger partial charge in [0.2, 0.25) is 5.88 Å². The molecule has 1 aromatic heterocycles. The van der Waals surface area contributed by atoms with Crippen LogP contribution in [-0.4, -0.2) is 34.8 Å². The van der Waals surface area contributed by atoms with Crippen LogP contribution in [0.2, 0.25) is 0 Å². The summed E-state index contributed by atoms with van der Waals surface area (Å²) in [6, 6.07) is 14.9. The predicted molar refractivity (Wildman–Crippen MR) is 118 cm³/mol. The molecule has 3 aromatic rings. The Labute approximate surface area is 176 Å². The minimum Gasteiger partial charge on any atom is -0.438 e. The summed E-state index contributed by atoms with van der Waals surface area (Å²) in [5, 5.41) is 4.32. The molecule has 0 bridgehead atoms. The van der Waals surface area contributed by atoms with Crippen molar-refractivity contribution in [2.45, 2.75) is 32.7 Å². The van der Waals surface area contributed by atoms with Gasteiger partial charge in [-0.2, -0.15) is 5.10 Å². The summed E-state index contributed by atoms with van der Waals surface area (Å²) in [7, 11) is 1.80. The largest absolute Gasteiger partial charge is 0.438 e. The number of anilines is 2. The molecule has 6 heteroatoms. The molecule has 5 rings (SSSR count). The monoisotopic (exact) mass is 402 g/mol. The molecule has 1 fully saturated rings. The Hall–Kier alpha value is -3.28. The zero-order chi connectivity index (χ0) is 20.8. The van der Waals surface area contributed by atoms with Gasteiger partial charge in [-0.1, -0.05) is 24.3 Å². The Bertz CT molecular complexity index is 1120. The first-order chi connectivity index (χ1) is 14.5. The van der Waals surface area contributed by atoms with E-state index >= 15 is 0 Å². The summed E-state index contributed by atoms with van der Waals surface area (Å²) in [5.41, 5.74) is 4.70. The van der Waals surface area contributed by atoms with Gasteiger partial charge in [0, 0.05) is 26.2 Å². The number of hydrogen-bond acceptors (Lipinski definition) is 4. The van der Waals surface area contributed by atoms with Crippen molar-refractivity contribution in [3.8, 4) is 11.6 Å². The van der Waals surface area contributed by atoms with Crippen molar-refractivity contribution in [2.75, 3.05) is 22.9 Å². The van der Waals surface area contributed by atoms with Crippen molar-refractivity contribution in [3.05, 3.63) is 65.4 Å². The predicted octanol–water partition coefficient (Wildman–Crippen LogP) is 4.46. The van der Waals surface area contributed by atoms with Crippen LogP contribution in [0.25, 0.3) is 0 Å². The van der Waals surface area contributed by atoms with Crippen LogP contribution >= 0.6 is 0 Å². The lowest BCUT2D eigenvalue weighted by Gasteiger charge is -2.38. The number of hydrogen-bond donors (Lipinski definition) is 0. The highest BCUT2D eigenvalue weighted by Crippen LogP contribution is 2.41. The maximum absolute atomic E-state index is 13.6. The average molecular weight is 402 g/mol. The molecule has 2 aromatic carbocycles. The highest BCUT2D eigenvalue weighted by Gasteiger charge is 2.36. The Kier molecular flexibility index (Phi) is 4.50. The van der Waals surface area contributed by atoms with Crippen LogP contribution in [0.4, 0.5) is 11.4 Å². The molecule has 0 N–H and O–H groups in total.